The van der Waals surface area contributed by atoms with E-state index in [4.69, 9.17) is 17.3 Å². The zero-order valence-corrected chi connectivity index (χ0v) is 10.8. The highest BCUT2D eigenvalue weighted by molar-refractivity contribution is 7.10. The predicted octanol–water partition coefficient (Wildman–Crippen LogP) is 2.97. The van der Waals surface area contributed by atoms with Gasteiger partial charge >= 0.3 is 0 Å². The van der Waals surface area contributed by atoms with Crippen molar-refractivity contribution in [2.24, 2.45) is 5.73 Å². The summed E-state index contributed by atoms with van der Waals surface area (Å²) in [4.78, 5) is 0.997. The molecule has 0 saturated carbocycles. The molecule has 0 bridgehead atoms. The van der Waals surface area contributed by atoms with Gasteiger partial charge < -0.3 is 5.73 Å². The monoisotopic (exact) mass is 255 g/mol. The number of aryl methyl sites for hydroxylation is 2. The summed E-state index contributed by atoms with van der Waals surface area (Å²) < 4.78 is 1.93. The standard InChI is InChI=1S/C11H14ClN3S/c1-3-15-9(6-7(2)14-15)10(13)11-8(12)4-5-16-11/h4-6,10H,3,13H2,1-2H3. The van der Waals surface area contributed by atoms with E-state index < -0.39 is 0 Å². The van der Waals surface area contributed by atoms with Crippen molar-refractivity contribution < 1.29 is 0 Å². The lowest BCUT2D eigenvalue weighted by molar-refractivity contribution is 0.600. The Morgan fingerprint density at radius 1 is 1.62 bits per heavy atom. The minimum atomic E-state index is -0.186. The van der Waals surface area contributed by atoms with Gasteiger partial charge in [-0.25, -0.2) is 0 Å². The van der Waals surface area contributed by atoms with Crippen molar-refractivity contribution in [1.82, 2.24) is 9.78 Å². The molecule has 0 radical (unpaired) electrons. The van der Waals surface area contributed by atoms with Crippen LogP contribution < -0.4 is 5.73 Å². The molecule has 0 aliphatic rings. The molecule has 16 heavy (non-hydrogen) atoms. The van der Waals surface area contributed by atoms with E-state index in [9.17, 15) is 0 Å². The molecule has 0 amide bonds. The Labute approximate surface area is 104 Å². The second kappa shape index (κ2) is 4.57. The molecule has 2 aromatic heterocycles. The normalized spacial score (nSPS) is 13.0. The largest absolute Gasteiger partial charge is 0.318 e. The van der Waals surface area contributed by atoms with Crippen LogP contribution in [0, 0.1) is 6.92 Å². The topological polar surface area (TPSA) is 43.8 Å². The molecule has 2 rings (SSSR count). The SMILES string of the molecule is CCn1nc(C)cc1C(N)c1sccc1Cl. The van der Waals surface area contributed by atoms with Crippen LogP contribution in [0.1, 0.15) is 29.2 Å². The summed E-state index contributed by atoms with van der Waals surface area (Å²) in [6.07, 6.45) is 0. The van der Waals surface area contributed by atoms with Gasteiger partial charge in [0.05, 0.1) is 22.5 Å². The van der Waals surface area contributed by atoms with Crippen LogP contribution in [-0.4, -0.2) is 9.78 Å². The second-order valence-electron chi connectivity index (χ2n) is 3.64. The number of aromatic nitrogens is 2. The lowest BCUT2D eigenvalue weighted by Gasteiger charge is -2.12. The van der Waals surface area contributed by atoms with Crippen LogP contribution in [0.3, 0.4) is 0 Å². The summed E-state index contributed by atoms with van der Waals surface area (Å²) in [7, 11) is 0. The van der Waals surface area contributed by atoms with Gasteiger partial charge in [0.1, 0.15) is 0 Å². The molecule has 1 unspecified atom stereocenters. The minimum absolute atomic E-state index is 0.186. The van der Waals surface area contributed by atoms with Crippen molar-refractivity contribution in [1.29, 1.82) is 0 Å². The second-order valence-corrected chi connectivity index (χ2v) is 4.99. The first-order chi connectivity index (χ1) is 7.63. The molecular weight excluding hydrogens is 242 g/mol. The Hall–Kier alpha value is -0.840. The molecule has 3 nitrogen and oxygen atoms in total. The molecular formula is C11H14ClN3S. The summed E-state index contributed by atoms with van der Waals surface area (Å²) in [5.74, 6) is 0. The Balaban J connectivity index is 2.40. The van der Waals surface area contributed by atoms with Crippen molar-refractivity contribution in [3.05, 3.63) is 38.8 Å². The number of thiophene rings is 1. The molecule has 86 valence electrons. The Morgan fingerprint density at radius 3 is 2.94 bits per heavy atom. The van der Waals surface area contributed by atoms with Crippen LogP contribution >= 0.6 is 22.9 Å². The van der Waals surface area contributed by atoms with Gasteiger partial charge in [0.15, 0.2) is 0 Å². The summed E-state index contributed by atoms with van der Waals surface area (Å²) in [6, 6.07) is 3.71. The molecule has 2 heterocycles. The minimum Gasteiger partial charge on any atom is -0.318 e. The average molecular weight is 256 g/mol. The third-order valence-corrected chi connectivity index (χ3v) is 3.92. The van der Waals surface area contributed by atoms with Gasteiger partial charge in [-0.1, -0.05) is 11.6 Å². The van der Waals surface area contributed by atoms with Crippen LogP contribution in [-0.2, 0) is 6.54 Å². The van der Waals surface area contributed by atoms with Crippen LogP contribution in [0.2, 0.25) is 5.02 Å². The van der Waals surface area contributed by atoms with Gasteiger partial charge in [0.2, 0.25) is 0 Å². The predicted molar refractivity (Wildman–Crippen MR) is 68.0 cm³/mol. The molecule has 1 atom stereocenters. The van der Waals surface area contributed by atoms with E-state index in [1.165, 1.54) is 0 Å². The van der Waals surface area contributed by atoms with Crippen LogP contribution in [0.15, 0.2) is 17.5 Å². The number of rotatable bonds is 3. The first kappa shape index (κ1) is 11.6. The third-order valence-electron chi connectivity index (χ3n) is 2.48. The first-order valence-corrected chi connectivity index (χ1v) is 6.42. The number of hydrogen-bond donors (Lipinski definition) is 1. The molecule has 2 N–H and O–H groups in total. The highest BCUT2D eigenvalue weighted by atomic mass is 35.5. The fourth-order valence-electron chi connectivity index (χ4n) is 1.73. The van der Waals surface area contributed by atoms with Gasteiger partial charge in [0.25, 0.3) is 0 Å². The zero-order valence-electron chi connectivity index (χ0n) is 9.27. The smallest absolute Gasteiger partial charge is 0.0832 e. The molecule has 0 aliphatic heterocycles. The first-order valence-electron chi connectivity index (χ1n) is 5.16. The molecule has 5 heteroatoms. The Morgan fingerprint density at radius 2 is 2.38 bits per heavy atom. The Bertz CT molecular complexity index is 489. The van der Waals surface area contributed by atoms with E-state index in [1.54, 1.807) is 11.3 Å². The third kappa shape index (κ3) is 2.00. The quantitative estimate of drug-likeness (QED) is 0.916. The van der Waals surface area contributed by atoms with Crippen molar-refractivity contribution in [2.45, 2.75) is 26.4 Å². The molecule has 0 fully saturated rings. The number of nitrogens with zero attached hydrogens (tertiary/aromatic N) is 2. The molecule has 0 aromatic carbocycles. The summed E-state index contributed by atoms with van der Waals surface area (Å²) in [6.45, 7) is 4.84. The van der Waals surface area contributed by atoms with Crippen molar-refractivity contribution in [3.8, 4) is 0 Å². The van der Waals surface area contributed by atoms with Crippen molar-refractivity contribution >= 4 is 22.9 Å². The van der Waals surface area contributed by atoms with E-state index in [0.29, 0.717) is 0 Å². The fraction of sp³-hybridized carbons (Fsp3) is 0.364. The van der Waals surface area contributed by atoms with Gasteiger partial charge in [-0.15, -0.1) is 11.3 Å². The molecule has 2 aromatic rings. The molecule has 0 saturated heterocycles. The van der Waals surface area contributed by atoms with Crippen molar-refractivity contribution in [3.63, 3.8) is 0 Å². The van der Waals surface area contributed by atoms with E-state index >= 15 is 0 Å². The van der Waals surface area contributed by atoms with Crippen LogP contribution in [0.4, 0.5) is 0 Å². The summed E-state index contributed by atoms with van der Waals surface area (Å²) in [5, 5.41) is 7.08. The lowest BCUT2D eigenvalue weighted by atomic mass is 10.1. The maximum Gasteiger partial charge on any atom is 0.0832 e. The zero-order chi connectivity index (χ0) is 11.7. The van der Waals surface area contributed by atoms with Gasteiger partial charge in [0, 0.05) is 11.4 Å². The summed E-state index contributed by atoms with van der Waals surface area (Å²) in [5.41, 5.74) is 8.22. The highest BCUT2D eigenvalue weighted by Gasteiger charge is 2.18. The summed E-state index contributed by atoms with van der Waals surface area (Å²) >= 11 is 7.67. The van der Waals surface area contributed by atoms with E-state index in [0.717, 1.165) is 27.8 Å². The maximum atomic E-state index is 6.22. The van der Waals surface area contributed by atoms with E-state index in [1.807, 2.05) is 29.1 Å². The molecule has 0 aliphatic carbocycles. The maximum absolute atomic E-state index is 6.22. The highest BCUT2D eigenvalue weighted by Crippen LogP contribution is 2.31. The Kier molecular flexibility index (Phi) is 3.33. The van der Waals surface area contributed by atoms with E-state index in [-0.39, 0.29) is 6.04 Å². The fourth-order valence-corrected chi connectivity index (χ4v) is 2.92. The van der Waals surface area contributed by atoms with Crippen molar-refractivity contribution in [2.75, 3.05) is 0 Å². The van der Waals surface area contributed by atoms with Crippen LogP contribution in [0.25, 0.3) is 0 Å². The molecule has 0 spiro atoms. The average Bonchev–Trinajstić information content (AvgIpc) is 2.83. The van der Waals surface area contributed by atoms with Gasteiger partial charge in [-0.2, -0.15) is 5.10 Å². The number of halogens is 1. The van der Waals surface area contributed by atoms with Gasteiger partial charge in [-0.3, -0.25) is 4.68 Å². The number of hydrogen-bond acceptors (Lipinski definition) is 3. The van der Waals surface area contributed by atoms with Crippen LogP contribution in [0.5, 0.6) is 0 Å². The van der Waals surface area contributed by atoms with Gasteiger partial charge in [-0.05, 0) is 31.4 Å². The lowest BCUT2D eigenvalue weighted by Crippen LogP contribution is -2.16. The number of nitrogens with two attached hydrogens (primary N) is 1. The van der Waals surface area contributed by atoms with E-state index in [2.05, 4.69) is 12.0 Å².